The Labute approximate surface area is 131 Å². The molecule has 0 bridgehead atoms. The van der Waals surface area contributed by atoms with E-state index in [-0.39, 0.29) is 5.91 Å². The minimum absolute atomic E-state index is 0.0818. The second kappa shape index (κ2) is 6.26. The highest BCUT2D eigenvalue weighted by atomic mass is 16.2. The van der Waals surface area contributed by atoms with Gasteiger partial charge in [-0.1, -0.05) is 13.8 Å². The van der Waals surface area contributed by atoms with Gasteiger partial charge in [0.2, 0.25) is 0 Å². The molecule has 1 saturated heterocycles. The first kappa shape index (κ1) is 14.7. The van der Waals surface area contributed by atoms with Crippen molar-refractivity contribution in [3.8, 4) is 11.3 Å². The molecule has 1 aliphatic rings. The molecule has 4 heteroatoms. The van der Waals surface area contributed by atoms with Crippen LogP contribution in [0.15, 0.2) is 42.9 Å². The number of aromatic nitrogens is 2. The summed E-state index contributed by atoms with van der Waals surface area (Å²) in [4.78, 5) is 23.4. The first-order valence-corrected chi connectivity index (χ1v) is 7.80. The lowest BCUT2D eigenvalue weighted by Gasteiger charge is -2.35. The molecule has 0 aromatic carbocycles. The zero-order valence-electron chi connectivity index (χ0n) is 13.1. The number of piperidine rings is 1. The smallest absolute Gasteiger partial charge is 0.256 e. The highest BCUT2D eigenvalue weighted by Crippen LogP contribution is 2.26. The summed E-state index contributed by atoms with van der Waals surface area (Å²) >= 11 is 0. The molecule has 22 heavy (non-hydrogen) atoms. The fourth-order valence-corrected chi connectivity index (χ4v) is 3.32. The Hall–Kier alpha value is -2.23. The van der Waals surface area contributed by atoms with Crippen LogP contribution in [0.2, 0.25) is 0 Å². The monoisotopic (exact) mass is 295 g/mol. The molecule has 0 radical (unpaired) electrons. The van der Waals surface area contributed by atoms with E-state index >= 15 is 0 Å². The summed E-state index contributed by atoms with van der Waals surface area (Å²) in [6, 6.07) is 7.48. The summed E-state index contributed by atoms with van der Waals surface area (Å²) in [6.45, 7) is 6.08. The zero-order valence-corrected chi connectivity index (χ0v) is 13.1. The summed E-state index contributed by atoms with van der Waals surface area (Å²) in [6.07, 6.45) is 6.37. The Morgan fingerprint density at radius 3 is 2.45 bits per heavy atom. The fraction of sp³-hybridized carbons (Fsp3) is 0.389. The molecule has 2 atom stereocenters. The van der Waals surface area contributed by atoms with Crippen LogP contribution in [0.3, 0.4) is 0 Å². The first-order chi connectivity index (χ1) is 10.6. The number of pyridine rings is 2. The lowest BCUT2D eigenvalue weighted by atomic mass is 9.91. The van der Waals surface area contributed by atoms with Crippen LogP contribution in [-0.4, -0.2) is 33.9 Å². The number of carbonyl (C=O) groups excluding carboxylic acids is 1. The quantitative estimate of drug-likeness (QED) is 0.854. The van der Waals surface area contributed by atoms with Gasteiger partial charge in [-0.2, -0.15) is 0 Å². The minimum atomic E-state index is 0.0818. The first-order valence-electron chi connectivity index (χ1n) is 7.80. The van der Waals surface area contributed by atoms with Gasteiger partial charge in [0, 0.05) is 37.2 Å². The summed E-state index contributed by atoms with van der Waals surface area (Å²) in [5, 5.41) is 0. The van der Waals surface area contributed by atoms with E-state index in [1.165, 1.54) is 6.42 Å². The van der Waals surface area contributed by atoms with E-state index in [1.807, 2.05) is 29.2 Å². The van der Waals surface area contributed by atoms with Gasteiger partial charge in [0.1, 0.15) is 0 Å². The van der Waals surface area contributed by atoms with Crippen LogP contribution in [0.25, 0.3) is 11.3 Å². The van der Waals surface area contributed by atoms with Gasteiger partial charge < -0.3 is 4.90 Å². The van der Waals surface area contributed by atoms with Gasteiger partial charge in [-0.25, -0.2) is 0 Å². The molecule has 1 amide bonds. The Bertz CT molecular complexity index is 646. The van der Waals surface area contributed by atoms with Crippen LogP contribution in [0.5, 0.6) is 0 Å². The average Bonchev–Trinajstić information content (AvgIpc) is 2.54. The molecule has 0 unspecified atom stereocenters. The van der Waals surface area contributed by atoms with E-state index in [0.717, 1.165) is 24.3 Å². The second-order valence-corrected chi connectivity index (χ2v) is 6.29. The topological polar surface area (TPSA) is 46.1 Å². The van der Waals surface area contributed by atoms with Crippen molar-refractivity contribution < 1.29 is 4.79 Å². The van der Waals surface area contributed by atoms with E-state index in [2.05, 4.69) is 23.8 Å². The molecule has 2 aromatic rings. The van der Waals surface area contributed by atoms with Gasteiger partial charge >= 0.3 is 0 Å². The maximum absolute atomic E-state index is 13.0. The Balaban J connectivity index is 1.93. The van der Waals surface area contributed by atoms with Crippen molar-refractivity contribution in [3.63, 3.8) is 0 Å². The number of carbonyl (C=O) groups is 1. The Morgan fingerprint density at radius 1 is 1.09 bits per heavy atom. The highest BCUT2D eigenvalue weighted by molar-refractivity contribution is 5.99. The maximum Gasteiger partial charge on any atom is 0.256 e. The molecule has 0 aliphatic carbocycles. The van der Waals surface area contributed by atoms with Crippen LogP contribution in [-0.2, 0) is 0 Å². The minimum Gasteiger partial charge on any atom is -0.338 e. The third-order valence-corrected chi connectivity index (χ3v) is 4.15. The molecular weight excluding hydrogens is 274 g/mol. The molecular formula is C18H21N3O. The average molecular weight is 295 g/mol. The second-order valence-electron chi connectivity index (χ2n) is 6.29. The standard InChI is InChI=1S/C18H21N3O/c1-13-10-14(2)12-21(11-13)18(22)16-4-3-7-20-17(16)15-5-8-19-9-6-15/h3-9,13-14H,10-12H2,1-2H3/t13-,14+. The largest absolute Gasteiger partial charge is 0.338 e. The van der Waals surface area contributed by atoms with E-state index < -0.39 is 0 Å². The Morgan fingerprint density at radius 2 is 1.77 bits per heavy atom. The zero-order chi connectivity index (χ0) is 15.5. The summed E-state index contributed by atoms with van der Waals surface area (Å²) in [5.41, 5.74) is 2.34. The van der Waals surface area contributed by atoms with Crippen LogP contribution in [0.1, 0.15) is 30.6 Å². The molecule has 4 nitrogen and oxygen atoms in total. The van der Waals surface area contributed by atoms with Gasteiger partial charge in [-0.15, -0.1) is 0 Å². The van der Waals surface area contributed by atoms with Crippen LogP contribution in [0.4, 0.5) is 0 Å². The van der Waals surface area contributed by atoms with Gasteiger partial charge in [0.05, 0.1) is 11.3 Å². The van der Waals surface area contributed by atoms with Crippen molar-refractivity contribution in [2.75, 3.05) is 13.1 Å². The molecule has 0 spiro atoms. The van der Waals surface area contributed by atoms with Crippen molar-refractivity contribution in [1.82, 2.24) is 14.9 Å². The van der Waals surface area contributed by atoms with Crippen molar-refractivity contribution >= 4 is 5.91 Å². The lowest BCUT2D eigenvalue weighted by Crippen LogP contribution is -2.42. The van der Waals surface area contributed by atoms with Crippen LogP contribution in [0, 0.1) is 11.8 Å². The number of rotatable bonds is 2. The van der Waals surface area contributed by atoms with E-state index in [4.69, 9.17) is 0 Å². The third kappa shape index (κ3) is 3.01. The Kier molecular flexibility index (Phi) is 4.18. The molecule has 1 aliphatic heterocycles. The number of likely N-dealkylation sites (tertiary alicyclic amines) is 1. The van der Waals surface area contributed by atoms with Crippen molar-refractivity contribution in [3.05, 3.63) is 48.4 Å². The molecule has 3 rings (SSSR count). The van der Waals surface area contributed by atoms with Crippen LogP contribution >= 0.6 is 0 Å². The van der Waals surface area contributed by atoms with Crippen molar-refractivity contribution in [1.29, 1.82) is 0 Å². The van der Waals surface area contributed by atoms with Crippen LogP contribution < -0.4 is 0 Å². The normalized spacial score (nSPS) is 21.6. The van der Waals surface area contributed by atoms with Gasteiger partial charge in [0.25, 0.3) is 5.91 Å². The lowest BCUT2D eigenvalue weighted by molar-refractivity contribution is 0.0623. The predicted molar refractivity (Wildman–Crippen MR) is 86.3 cm³/mol. The van der Waals surface area contributed by atoms with Crippen molar-refractivity contribution in [2.24, 2.45) is 11.8 Å². The highest BCUT2D eigenvalue weighted by Gasteiger charge is 2.27. The van der Waals surface area contributed by atoms with Gasteiger partial charge in [0.15, 0.2) is 0 Å². The molecule has 0 N–H and O–H groups in total. The predicted octanol–water partition coefficient (Wildman–Crippen LogP) is 3.26. The summed E-state index contributed by atoms with van der Waals surface area (Å²) in [7, 11) is 0. The molecule has 2 aromatic heterocycles. The number of hydrogen-bond donors (Lipinski definition) is 0. The molecule has 3 heterocycles. The third-order valence-electron chi connectivity index (χ3n) is 4.15. The van der Waals surface area contributed by atoms with Gasteiger partial charge in [-0.3, -0.25) is 14.8 Å². The molecule has 1 fully saturated rings. The van der Waals surface area contributed by atoms with Crippen molar-refractivity contribution in [2.45, 2.75) is 20.3 Å². The van der Waals surface area contributed by atoms with Gasteiger partial charge in [-0.05, 0) is 42.5 Å². The number of hydrogen-bond acceptors (Lipinski definition) is 3. The summed E-state index contributed by atoms with van der Waals surface area (Å²) < 4.78 is 0. The fourth-order valence-electron chi connectivity index (χ4n) is 3.32. The number of amides is 1. The van der Waals surface area contributed by atoms with E-state index in [9.17, 15) is 4.79 Å². The van der Waals surface area contributed by atoms with E-state index in [1.54, 1.807) is 18.6 Å². The molecule has 114 valence electrons. The molecule has 0 saturated carbocycles. The van der Waals surface area contributed by atoms with E-state index in [0.29, 0.717) is 17.4 Å². The maximum atomic E-state index is 13.0. The number of nitrogens with zero attached hydrogens (tertiary/aromatic N) is 3. The summed E-state index contributed by atoms with van der Waals surface area (Å²) in [5.74, 6) is 1.18. The SMILES string of the molecule is C[C@@H]1C[C@H](C)CN(C(=O)c2cccnc2-c2ccncc2)C1.